The van der Waals surface area contributed by atoms with Gasteiger partial charge in [-0.05, 0) is 49.4 Å². The third-order valence-electron chi connectivity index (χ3n) is 3.58. The molecule has 0 saturated heterocycles. The van der Waals surface area contributed by atoms with Gasteiger partial charge in [-0.3, -0.25) is 4.79 Å². The van der Waals surface area contributed by atoms with Crippen molar-refractivity contribution in [1.29, 1.82) is 0 Å². The molecule has 1 amide bonds. The second kappa shape index (κ2) is 7.99. The summed E-state index contributed by atoms with van der Waals surface area (Å²) in [5.41, 5.74) is -0.832. The molecule has 4 nitrogen and oxygen atoms in total. The van der Waals surface area contributed by atoms with E-state index in [1.54, 1.807) is 43.3 Å². The molecule has 0 fully saturated rings. The quantitative estimate of drug-likeness (QED) is 0.730. The Morgan fingerprint density at radius 2 is 1.77 bits per heavy atom. The molecule has 1 unspecified atom stereocenters. The van der Waals surface area contributed by atoms with Gasteiger partial charge in [-0.15, -0.1) is 0 Å². The summed E-state index contributed by atoms with van der Waals surface area (Å²) in [5.74, 6) is -0.231. The van der Waals surface area contributed by atoms with Crippen molar-refractivity contribution in [3.05, 3.63) is 52.5 Å². The van der Waals surface area contributed by atoms with Crippen LogP contribution in [0.25, 0.3) is 0 Å². The van der Waals surface area contributed by atoms with E-state index in [2.05, 4.69) is 21.2 Å². The number of hydrogen-bond acceptors (Lipinski definition) is 3. The van der Waals surface area contributed by atoms with Crippen molar-refractivity contribution >= 4 is 33.2 Å². The normalized spacial score (nSPS) is 12.4. The fourth-order valence-electron chi connectivity index (χ4n) is 2.16. The van der Waals surface area contributed by atoms with Crippen LogP contribution < -0.4 is 15.0 Å². The number of nitrogens with zero attached hydrogens (tertiary/aromatic N) is 1. The molecule has 0 aliphatic heterocycles. The van der Waals surface area contributed by atoms with Gasteiger partial charge in [0.25, 0.3) is 5.91 Å². The van der Waals surface area contributed by atoms with E-state index >= 15 is 0 Å². The number of halogens is 4. The summed E-state index contributed by atoms with van der Waals surface area (Å²) >= 11 is 3.28. The molecular weight excluding hydrogens is 413 g/mol. The molecule has 26 heavy (non-hydrogen) atoms. The van der Waals surface area contributed by atoms with Crippen LogP contribution in [-0.4, -0.2) is 26.1 Å². The Kier molecular flexibility index (Phi) is 6.17. The van der Waals surface area contributed by atoms with E-state index in [1.165, 1.54) is 19.1 Å². The van der Waals surface area contributed by atoms with Crippen LogP contribution in [0.2, 0.25) is 0 Å². The molecule has 0 aliphatic carbocycles. The van der Waals surface area contributed by atoms with E-state index in [9.17, 15) is 18.0 Å². The van der Waals surface area contributed by atoms with Gasteiger partial charge in [0.15, 0.2) is 6.10 Å². The summed E-state index contributed by atoms with van der Waals surface area (Å²) in [6.07, 6.45) is -5.56. The third kappa shape index (κ3) is 5.14. The van der Waals surface area contributed by atoms with Crippen molar-refractivity contribution in [2.45, 2.75) is 19.2 Å². The number of carbonyl (C=O) groups is 1. The Morgan fingerprint density at radius 3 is 2.31 bits per heavy atom. The average Bonchev–Trinajstić information content (AvgIpc) is 2.56. The molecular formula is C18H18BrF3N2O2. The van der Waals surface area contributed by atoms with E-state index in [-0.39, 0.29) is 5.69 Å². The zero-order valence-electron chi connectivity index (χ0n) is 14.4. The number of hydrogen-bond donors (Lipinski definition) is 1. The van der Waals surface area contributed by atoms with E-state index in [4.69, 9.17) is 4.74 Å². The van der Waals surface area contributed by atoms with Gasteiger partial charge in [0.2, 0.25) is 0 Å². The summed E-state index contributed by atoms with van der Waals surface area (Å²) < 4.78 is 46.3. The van der Waals surface area contributed by atoms with E-state index < -0.39 is 23.8 Å². The maximum Gasteiger partial charge on any atom is 0.418 e. The van der Waals surface area contributed by atoms with Gasteiger partial charge in [0.1, 0.15) is 5.75 Å². The number of ether oxygens (including phenoxy) is 1. The van der Waals surface area contributed by atoms with Gasteiger partial charge in [0, 0.05) is 24.3 Å². The molecule has 2 rings (SSSR count). The first kappa shape index (κ1) is 20.1. The molecule has 140 valence electrons. The minimum absolute atomic E-state index is 0.306. The summed E-state index contributed by atoms with van der Waals surface area (Å²) in [6, 6.07) is 10.5. The minimum Gasteiger partial charge on any atom is -0.481 e. The summed E-state index contributed by atoms with van der Waals surface area (Å²) in [7, 11) is 3.28. The van der Waals surface area contributed by atoms with Crippen LogP contribution in [0.5, 0.6) is 5.75 Å². The monoisotopic (exact) mass is 430 g/mol. The Balaban J connectivity index is 2.18. The molecule has 1 atom stereocenters. The highest BCUT2D eigenvalue weighted by Crippen LogP contribution is 2.37. The number of anilines is 2. The highest BCUT2D eigenvalue weighted by Gasteiger charge is 2.35. The van der Waals surface area contributed by atoms with Crippen molar-refractivity contribution in [3.8, 4) is 5.75 Å². The number of alkyl halides is 3. The van der Waals surface area contributed by atoms with Crippen LogP contribution in [0.1, 0.15) is 12.5 Å². The van der Waals surface area contributed by atoms with Crippen molar-refractivity contribution in [3.63, 3.8) is 0 Å². The van der Waals surface area contributed by atoms with E-state index in [1.807, 2.05) is 0 Å². The molecule has 0 spiro atoms. The molecule has 0 heterocycles. The minimum atomic E-state index is -4.59. The van der Waals surface area contributed by atoms with Crippen LogP contribution in [0.15, 0.2) is 46.9 Å². The standard InChI is InChI=1S/C18H18BrF3N2O2/c1-11(26-14-7-4-12(19)5-8-14)17(25)23-16-9-6-13(24(2)3)10-15(16)18(20,21)22/h4-11H,1-3H3,(H,23,25). The van der Waals surface area contributed by atoms with Crippen LogP contribution in [0.4, 0.5) is 24.5 Å². The molecule has 0 aromatic heterocycles. The van der Waals surface area contributed by atoms with Crippen molar-refractivity contribution in [2.75, 3.05) is 24.3 Å². The first-order valence-electron chi connectivity index (χ1n) is 7.69. The summed E-state index contributed by atoms with van der Waals surface area (Å²) in [5, 5.41) is 2.30. The number of nitrogens with one attached hydrogen (secondary N) is 1. The van der Waals surface area contributed by atoms with Crippen LogP contribution >= 0.6 is 15.9 Å². The Hall–Kier alpha value is -2.22. The smallest absolute Gasteiger partial charge is 0.418 e. The number of amides is 1. The predicted octanol–water partition coefficient (Wildman–Crippen LogP) is 4.94. The first-order valence-corrected chi connectivity index (χ1v) is 8.49. The lowest BCUT2D eigenvalue weighted by Gasteiger charge is -2.20. The molecule has 0 aliphatic rings. The van der Waals surface area contributed by atoms with E-state index in [0.717, 1.165) is 10.5 Å². The topological polar surface area (TPSA) is 41.6 Å². The lowest BCUT2D eigenvalue weighted by Crippen LogP contribution is -2.31. The fourth-order valence-corrected chi connectivity index (χ4v) is 2.42. The zero-order valence-corrected chi connectivity index (χ0v) is 16.0. The average molecular weight is 431 g/mol. The van der Waals surface area contributed by atoms with Gasteiger partial charge in [-0.1, -0.05) is 15.9 Å². The molecule has 8 heteroatoms. The summed E-state index contributed by atoms with van der Waals surface area (Å²) in [6.45, 7) is 1.47. The Morgan fingerprint density at radius 1 is 1.15 bits per heavy atom. The molecule has 2 aromatic carbocycles. The van der Waals surface area contributed by atoms with Crippen molar-refractivity contribution in [2.24, 2.45) is 0 Å². The molecule has 0 bridgehead atoms. The highest BCUT2D eigenvalue weighted by molar-refractivity contribution is 9.10. The van der Waals surface area contributed by atoms with E-state index in [0.29, 0.717) is 11.4 Å². The SMILES string of the molecule is CC(Oc1ccc(Br)cc1)C(=O)Nc1ccc(N(C)C)cc1C(F)(F)F. The maximum atomic E-state index is 13.3. The highest BCUT2D eigenvalue weighted by atomic mass is 79.9. The van der Waals surface area contributed by atoms with Gasteiger partial charge < -0.3 is 15.0 Å². The summed E-state index contributed by atoms with van der Waals surface area (Å²) in [4.78, 5) is 13.8. The van der Waals surface area contributed by atoms with Gasteiger partial charge in [0.05, 0.1) is 11.3 Å². The lowest BCUT2D eigenvalue weighted by molar-refractivity contribution is -0.137. The molecule has 0 radical (unpaired) electrons. The van der Waals surface area contributed by atoms with Gasteiger partial charge >= 0.3 is 6.18 Å². The van der Waals surface area contributed by atoms with Crippen molar-refractivity contribution in [1.82, 2.24) is 0 Å². The first-order chi connectivity index (χ1) is 12.1. The molecule has 1 N–H and O–H groups in total. The zero-order chi connectivity index (χ0) is 19.5. The fraction of sp³-hybridized carbons (Fsp3) is 0.278. The predicted molar refractivity (Wildman–Crippen MR) is 98.6 cm³/mol. The lowest BCUT2D eigenvalue weighted by atomic mass is 10.1. The maximum absolute atomic E-state index is 13.3. The number of carbonyl (C=O) groups excluding carboxylic acids is 1. The van der Waals surface area contributed by atoms with Crippen LogP contribution in [0.3, 0.4) is 0 Å². The van der Waals surface area contributed by atoms with Gasteiger partial charge in [-0.25, -0.2) is 0 Å². The third-order valence-corrected chi connectivity index (χ3v) is 4.11. The Bertz CT molecular complexity index is 777. The van der Waals surface area contributed by atoms with Crippen molar-refractivity contribution < 1.29 is 22.7 Å². The number of rotatable bonds is 5. The van der Waals surface area contributed by atoms with Gasteiger partial charge in [-0.2, -0.15) is 13.2 Å². The van der Waals surface area contributed by atoms with Crippen LogP contribution in [-0.2, 0) is 11.0 Å². The second-order valence-electron chi connectivity index (χ2n) is 5.83. The largest absolute Gasteiger partial charge is 0.481 e. The Labute approximate surface area is 158 Å². The number of benzene rings is 2. The van der Waals surface area contributed by atoms with Crippen LogP contribution in [0, 0.1) is 0 Å². The molecule has 2 aromatic rings. The molecule has 0 saturated carbocycles. The second-order valence-corrected chi connectivity index (χ2v) is 6.74.